The third kappa shape index (κ3) is 5.37. The van der Waals surface area contributed by atoms with Gasteiger partial charge in [0.2, 0.25) is 5.91 Å². The van der Waals surface area contributed by atoms with Crippen molar-refractivity contribution in [1.29, 1.82) is 0 Å². The summed E-state index contributed by atoms with van der Waals surface area (Å²) in [5.74, 6) is -0.184. The van der Waals surface area contributed by atoms with Crippen molar-refractivity contribution in [3.8, 4) is 5.75 Å². The van der Waals surface area contributed by atoms with Gasteiger partial charge in [0.1, 0.15) is 17.2 Å². The lowest BCUT2D eigenvalue weighted by Gasteiger charge is -2.25. The number of carboxylic acids is 1. The molecule has 3 rings (SSSR count). The Kier molecular flexibility index (Phi) is 6.63. The number of ether oxygens (including phenoxy) is 1. The summed E-state index contributed by atoms with van der Waals surface area (Å²) >= 11 is 13.2. The number of hydrogen-bond donors (Lipinski definition) is 1. The molecule has 1 saturated heterocycles. The minimum atomic E-state index is -0.903. The van der Waals surface area contributed by atoms with E-state index in [0.717, 1.165) is 24.1 Å². The lowest BCUT2D eigenvalue weighted by Crippen LogP contribution is -2.37. The molecule has 1 atom stereocenters. The summed E-state index contributed by atoms with van der Waals surface area (Å²) in [6, 6.07) is 8.52. The molecule has 5 nitrogen and oxygen atoms in total. The van der Waals surface area contributed by atoms with Gasteiger partial charge in [-0.3, -0.25) is 4.79 Å². The summed E-state index contributed by atoms with van der Waals surface area (Å²) in [4.78, 5) is 26.3. The Labute approximate surface area is 171 Å². The Bertz CT molecular complexity index is 819. The van der Waals surface area contributed by atoms with Gasteiger partial charge in [-0.2, -0.15) is 0 Å². The molecule has 1 N–H and O–H groups in total. The number of hydrogen-bond acceptors (Lipinski definition) is 4. The Morgan fingerprint density at radius 2 is 2.00 bits per heavy atom. The van der Waals surface area contributed by atoms with E-state index in [1.807, 2.05) is 11.0 Å². The van der Waals surface area contributed by atoms with E-state index in [2.05, 4.69) is 0 Å². The highest BCUT2D eigenvalue weighted by molar-refractivity contribution is 7.13. The summed E-state index contributed by atoms with van der Waals surface area (Å²) in [5, 5.41) is 10.00. The van der Waals surface area contributed by atoms with E-state index < -0.39 is 5.97 Å². The zero-order chi connectivity index (χ0) is 19.4. The lowest BCUT2D eigenvalue weighted by molar-refractivity contribution is -0.129. The van der Waals surface area contributed by atoms with Crippen LogP contribution in [0.3, 0.4) is 0 Å². The number of rotatable bonds is 8. The van der Waals surface area contributed by atoms with Gasteiger partial charge in [0.05, 0.1) is 6.04 Å². The average molecular weight is 428 g/mol. The van der Waals surface area contributed by atoms with Crippen molar-refractivity contribution in [2.45, 2.75) is 31.7 Å². The quantitative estimate of drug-likeness (QED) is 0.659. The van der Waals surface area contributed by atoms with Crippen molar-refractivity contribution in [2.75, 3.05) is 13.2 Å². The van der Waals surface area contributed by atoms with Crippen LogP contribution in [0.4, 0.5) is 0 Å². The summed E-state index contributed by atoms with van der Waals surface area (Å²) < 4.78 is 5.80. The van der Waals surface area contributed by atoms with Crippen LogP contribution in [-0.2, 0) is 11.2 Å². The number of thiophene rings is 1. The number of carbonyl (C=O) groups excluding carboxylic acids is 1. The van der Waals surface area contributed by atoms with Gasteiger partial charge in [-0.25, -0.2) is 4.79 Å². The lowest BCUT2D eigenvalue weighted by atomic mass is 10.2. The van der Waals surface area contributed by atoms with Crippen molar-refractivity contribution in [3.63, 3.8) is 0 Å². The van der Waals surface area contributed by atoms with Crippen LogP contribution >= 0.6 is 34.5 Å². The van der Waals surface area contributed by atoms with Gasteiger partial charge < -0.3 is 14.7 Å². The first-order valence-corrected chi connectivity index (χ1v) is 10.2. The molecule has 0 radical (unpaired) electrons. The van der Waals surface area contributed by atoms with Crippen molar-refractivity contribution < 1.29 is 19.4 Å². The number of benzene rings is 1. The number of aromatic carboxylic acids is 1. The molecule has 8 heteroatoms. The van der Waals surface area contributed by atoms with Gasteiger partial charge in [0.15, 0.2) is 0 Å². The highest BCUT2D eigenvalue weighted by Crippen LogP contribution is 2.26. The largest absolute Gasteiger partial charge is 0.491 e. The molecule has 0 unspecified atom stereocenters. The monoisotopic (exact) mass is 427 g/mol. The number of carbonyl (C=O) groups is 2. The number of likely N-dealkylation sites (tertiary alicyclic amines) is 1. The molecule has 0 spiro atoms. The molecular formula is C19H19Cl2NO4S. The van der Waals surface area contributed by atoms with Crippen molar-refractivity contribution in [2.24, 2.45) is 0 Å². The van der Waals surface area contributed by atoms with E-state index in [1.165, 1.54) is 11.3 Å². The zero-order valence-electron chi connectivity index (χ0n) is 14.5. The maximum atomic E-state index is 12.2. The molecule has 1 amide bonds. The van der Waals surface area contributed by atoms with Gasteiger partial charge in [0.25, 0.3) is 0 Å². The third-order valence-electron chi connectivity index (χ3n) is 4.43. The Morgan fingerprint density at radius 1 is 1.26 bits per heavy atom. The van der Waals surface area contributed by atoms with E-state index in [-0.39, 0.29) is 11.9 Å². The fraction of sp³-hybridized carbons (Fsp3) is 0.368. The molecule has 1 aliphatic heterocycles. The zero-order valence-corrected chi connectivity index (χ0v) is 16.8. The maximum Gasteiger partial charge on any atom is 0.345 e. The molecule has 1 fully saturated rings. The number of halogens is 2. The normalized spacial score (nSPS) is 16.7. The smallest absolute Gasteiger partial charge is 0.345 e. The van der Waals surface area contributed by atoms with Gasteiger partial charge >= 0.3 is 5.97 Å². The van der Waals surface area contributed by atoms with Crippen LogP contribution in [-0.4, -0.2) is 41.1 Å². The Hall–Kier alpha value is -1.76. The molecule has 2 aromatic rings. The Balaban J connectivity index is 1.51. The summed E-state index contributed by atoms with van der Waals surface area (Å²) in [6.45, 7) is 1.02. The highest BCUT2D eigenvalue weighted by atomic mass is 35.5. The van der Waals surface area contributed by atoms with E-state index in [0.29, 0.717) is 40.2 Å². The molecule has 2 heterocycles. The third-order valence-corrected chi connectivity index (χ3v) is 6.00. The van der Waals surface area contributed by atoms with Gasteiger partial charge in [0, 0.05) is 27.9 Å². The van der Waals surface area contributed by atoms with Crippen LogP contribution in [0.2, 0.25) is 10.0 Å². The second-order valence-electron chi connectivity index (χ2n) is 6.37. The molecule has 1 aliphatic rings. The van der Waals surface area contributed by atoms with Gasteiger partial charge in [-0.05, 0) is 49.6 Å². The number of carboxylic acid groups (broad SMARTS) is 1. The van der Waals surface area contributed by atoms with Gasteiger partial charge in [-0.15, -0.1) is 11.3 Å². The summed E-state index contributed by atoms with van der Waals surface area (Å²) in [6.07, 6.45) is 2.81. The minimum absolute atomic E-state index is 0.0215. The predicted octanol–water partition coefficient (Wildman–Crippen LogP) is 4.76. The molecule has 144 valence electrons. The molecular weight excluding hydrogens is 409 g/mol. The molecule has 0 saturated carbocycles. The van der Waals surface area contributed by atoms with Crippen LogP contribution in [0.15, 0.2) is 30.3 Å². The van der Waals surface area contributed by atoms with Crippen LogP contribution in [0.25, 0.3) is 0 Å². The van der Waals surface area contributed by atoms with E-state index in [9.17, 15) is 9.59 Å². The second kappa shape index (κ2) is 8.95. The molecule has 0 aliphatic carbocycles. The maximum absolute atomic E-state index is 12.2. The second-order valence-corrected chi connectivity index (χ2v) is 8.41. The minimum Gasteiger partial charge on any atom is -0.491 e. The van der Waals surface area contributed by atoms with Crippen LogP contribution < -0.4 is 4.74 Å². The van der Waals surface area contributed by atoms with E-state index in [1.54, 1.807) is 24.3 Å². The van der Waals surface area contributed by atoms with Crippen LogP contribution in [0.5, 0.6) is 5.75 Å². The van der Waals surface area contributed by atoms with Crippen LogP contribution in [0, 0.1) is 0 Å². The van der Waals surface area contributed by atoms with Crippen molar-refractivity contribution in [3.05, 3.63) is 50.1 Å². The highest BCUT2D eigenvalue weighted by Gasteiger charge is 2.31. The van der Waals surface area contributed by atoms with Crippen molar-refractivity contribution >= 4 is 46.4 Å². The fourth-order valence-corrected chi connectivity index (χ4v) is 4.52. The fourth-order valence-electron chi connectivity index (χ4n) is 3.13. The first-order valence-electron chi connectivity index (χ1n) is 8.63. The summed E-state index contributed by atoms with van der Waals surface area (Å²) in [7, 11) is 0. The summed E-state index contributed by atoms with van der Waals surface area (Å²) in [5.41, 5.74) is 0. The average Bonchev–Trinajstić information content (AvgIpc) is 3.20. The molecule has 0 bridgehead atoms. The predicted molar refractivity (Wildman–Crippen MR) is 106 cm³/mol. The van der Waals surface area contributed by atoms with E-state index in [4.69, 9.17) is 33.0 Å². The Morgan fingerprint density at radius 3 is 2.67 bits per heavy atom. The van der Waals surface area contributed by atoms with Gasteiger partial charge in [-0.1, -0.05) is 23.2 Å². The molecule has 1 aromatic carbocycles. The van der Waals surface area contributed by atoms with Crippen LogP contribution in [0.1, 0.15) is 33.8 Å². The van der Waals surface area contributed by atoms with E-state index >= 15 is 0 Å². The number of amides is 1. The standard InChI is InChI=1S/C19H19Cl2NO4S/c20-12-8-13(21)10-15(9-12)26-11-14-3-6-18(23)22(14)7-1-2-16-4-5-17(27-16)19(24)25/h4-5,8-10,14H,1-3,6-7,11H2,(H,24,25)/t14-/m1/s1. The van der Waals surface area contributed by atoms with Crippen molar-refractivity contribution in [1.82, 2.24) is 4.90 Å². The topological polar surface area (TPSA) is 66.8 Å². The molecule has 1 aromatic heterocycles. The number of nitrogens with zero attached hydrogens (tertiary/aromatic N) is 1. The first kappa shape index (κ1) is 20.0. The SMILES string of the molecule is O=C(O)c1ccc(CCCN2C(=O)CC[C@@H]2COc2cc(Cl)cc(Cl)c2)s1. The first-order chi connectivity index (χ1) is 12.9. The molecule has 27 heavy (non-hydrogen) atoms. The number of aryl methyl sites for hydroxylation is 1.